The van der Waals surface area contributed by atoms with Crippen molar-refractivity contribution in [3.8, 4) is 0 Å². The molecule has 2 amide bonds. The van der Waals surface area contributed by atoms with Gasteiger partial charge in [0.2, 0.25) is 11.8 Å². The lowest BCUT2D eigenvalue weighted by Gasteiger charge is -2.38. The van der Waals surface area contributed by atoms with Gasteiger partial charge in [-0.05, 0) is 25.2 Å². The number of carbonyl (C=O) groups excluding carboxylic acids is 2. The van der Waals surface area contributed by atoms with Gasteiger partial charge < -0.3 is 10.2 Å². The van der Waals surface area contributed by atoms with Gasteiger partial charge in [0, 0.05) is 6.54 Å². The minimum Gasteiger partial charge on any atom is -0.343 e. The van der Waals surface area contributed by atoms with E-state index in [0.717, 1.165) is 31.7 Å². The van der Waals surface area contributed by atoms with E-state index < -0.39 is 0 Å². The summed E-state index contributed by atoms with van der Waals surface area (Å²) in [5.41, 5.74) is 0. The maximum atomic E-state index is 12.4. The van der Waals surface area contributed by atoms with E-state index in [1.54, 1.807) is 0 Å². The van der Waals surface area contributed by atoms with Crippen LogP contribution in [-0.2, 0) is 9.59 Å². The zero-order valence-corrected chi connectivity index (χ0v) is 11.4. The number of carbonyl (C=O) groups is 2. The van der Waals surface area contributed by atoms with Gasteiger partial charge in [-0.15, -0.1) is 0 Å². The molecule has 0 spiro atoms. The molecule has 0 radical (unpaired) electrons. The van der Waals surface area contributed by atoms with Crippen LogP contribution in [0.15, 0.2) is 0 Å². The van der Waals surface area contributed by atoms with Crippen LogP contribution in [-0.4, -0.2) is 35.3 Å². The second kappa shape index (κ2) is 5.72. The number of amides is 2. The molecule has 0 aromatic rings. The van der Waals surface area contributed by atoms with Crippen LogP contribution in [0.3, 0.4) is 0 Å². The molecule has 1 aliphatic heterocycles. The van der Waals surface area contributed by atoms with Crippen LogP contribution in [0.2, 0.25) is 0 Å². The summed E-state index contributed by atoms with van der Waals surface area (Å²) in [7, 11) is 0. The highest BCUT2D eigenvalue weighted by molar-refractivity contribution is 5.96. The smallest absolute Gasteiger partial charge is 0.245 e. The Balaban J connectivity index is 2.02. The summed E-state index contributed by atoms with van der Waals surface area (Å²) in [6, 6.07) is -0.533. The molecule has 4 nitrogen and oxygen atoms in total. The van der Waals surface area contributed by atoms with Crippen LogP contribution in [0.4, 0.5) is 0 Å². The summed E-state index contributed by atoms with van der Waals surface area (Å²) < 4.78 is 0. The number of hydrogen-bond acceptors (Lipinski definition) is 2. The van der Waals surface area contributed by atoms with Crippen molar-refractivity contribution in [3.05, 3.63) is 0 Å². The monoisotopic (exact) mass is 252 g/mol. The highest BCUT2D eigenvalue weighted by Crippen LogP contribution is 2.33. The van der Waals surface area contributed by atoms with E-state index in [0.29, 0.717) is 6.42 Å². The normalized spacial score (nSPS) is 28.4. The van der Waals surface area contributed by atoms with Gasteiger partial charge in [0.15, 0.2) is 0 Å². The van der Waals surface area contributed by atoms with E-state index >= 15 is 0 Å². The summed E-state index contributed by atoms with van der Waals surface area (Å²) in [4.78, 5) is 26.2. The molecule has 102 valence electrons. The van der Waals surface area contributed by atoms with Crippen LogP contribution in [0.25, 0.3) is 0 Å². The molecular formula is C14H24N2O2. The molecule has 0 aromatic carbocycles. The van der Waals surface area contributed by atoms with E-state index in [1.165, 1.54) is 12.8 Å². The third-order valence-electron chi connectivity index (χ3n) is 4.02. The van der Waals surface area contributed by atoms with Gasteiger partial charge in [0.1, 0.15) is 12.1 Å². The summed E-state index contributed by atoms with van der Waals surface area (Å²) in [5, 5.41) is 2.87. The van der Waals surface area contributed by atoms with Crippen LogP contribution in [0.5, 0.6) is 0 Å². The van der Waals surface area contributed by atoms with Crippen LogP contribution in [0.1, 0.15) is 52.4 Å². The van der Waals surface area contributed by atoms with Crippen molar-refractivity contribution in [3.63, 3.8) is 0 Å². The largest absolute Gasteiger partial charge is 0.343 e. The van der Waals surface area contributed by atoms with E-state index in [1.807, 2.05) is 18.7 Å². The quantitative estimate of drug-likeness (QED) is 0.782. The lowest BCUT2D eigenvalue weighted by atomic mass is 10.0. The van der Waals surface area contributed by atoms with E-state index in [9.17, 15) is 9.59 Å². The first-order chi connectivity index (χ1) is 8.67. The maximum absolute atomic E-state index is 12.4. The Hall–Kier alpha value is -1.06. The van der Waals surface area contributed by atoms with Crippen molar-refractivity contribution in [1.29, 1.82) is 0 Å². The third-order valence-corrected chi connectivity index (χ3v) is 4.02. The zero-order valence-electron chi connectivity index (χ0n) is 11.4. The van der Waals surface area contributed by atoms with Gasteiger partial charge in [-0.2, -0.15) is 0 Å². The Kier molecular flexibility index (Phi) is 4.25. The summed E-state index contributed by atoms with van der Waals surface area (Å²) in [6.07, 6.45) is 6.03. The Morgan fingerprint density at radius 1 is 1.22 bits per heavy atom. The average Bonchev–Trinajstić information content (AvgIpc) is 3.15. The van der Waals surface area contributed by atoms with Crippen LogP contribution < -0.4 is 5.32 Å². The summed E-state index contributed by atoms with van der Waals surface area (Å²) >= 11 is 0. The molecular weight excluding hydrogens is 228 g/mol. The van der Waals surface area contributed by atoms with Crippen molar-refractivity contribution >= 4 is 11.8 Å². The molecule has 4 heteroatoms. The van der Waals surface area contributed by atoms with Crippen LogP contribution >= 0.6 is 0 Å². The molecule has 0 aromatic heterocycles. The fraction of sp³-hybridized carbons (Fsp3) is 0.857. The van der Waals surface area contributed by atoms with Crippen molar-refractivity contribution in [2.24, 2.45) is 5.92 Å². The van der Waals surface area contributed by atoms with Crippen molar-refractivity contribution in [1.82, 2.24) is 10.2 Å². The Morgan fingerprint density at radius 2 is 1.94 bits per heavy atom. The van der Waals surface area contributed by atoms with Gasteiger partial charge in [-0.1, -0.05) is 33.1 Å². The second-order valence-electron chi connectivity index (χ2n) is 5.54. The standard InChI is InChI=1S/C14H24N2O2/c1-3-5-11-14(18)16(9-8-10-6-7-10)12(4-2)13(17)15-11/h10-12H,3-9H2,1-2H3,(H,15,17). The van der Waals surface area contributed by atoms with E-state index in [2.05, 4.69) is 5.32 Å². The lowest BCUT2D eigenvalue weighted by Crippen LogP contribution is -2.63. The van der Waals surface area contributed by atoms with Crippen molar-refractivity contribution < 1.29 is 9.59 Å². The van der Waals surface area contributed by atoms with E-state index in [4.69, 9.17) is 0 Å². The van der Waals surface area contributed by atoms with Crippen molar-refractivity contribution in [2.75, 3.05) is 6.54 Å². The molecule has 2 rings (SSSR count). The van der Waals surface area contributed by atoms with Gasteiger partial charge in [0.05, 0.1) is 0 Å². The fourth-order valence-corrected chi connectivity index (χ4v) is 2.71. The zero-order chi connectivity index (χ0) is 13.1. The Bertz CT molecular complexity index is 326. The maximum Gasteiger partial charge on any atom is 0.245 e. The van der Waals surface area contributed by atoms with Gasteiger partial charge >= 0.3 is 0 Å². The Morgan fingerprint density at radius 3 is 2.50 bits per heavy atom. The number of rotatable bonds is 6. The van der Waals surface area contributed by atoms with Crippen molar-refractivity contribution in [2.45, 2.75) is 64.5 Å². The SMILES string of the molecule is CCCC1NC(=O)C(CC)N(CCC2CC2)C1=O. The van der Waals surface area contributed by atoms with Crippen LogP contribution in [0, 0.1) is 5.92 Å². The minimum absolute atomic E-state index is 0.0337. The molecule has 1 saturated carbocycles. The first kappa shape index (κ1) is 13.4. The third kappa shape index (κ3) is 2.85. The number of nitrogens with zero attached hydrogens (tertiary/aromatic N) is 1. The van der Waals surface area contributed by atoms with Gasteiger partial charge in [-0.25, -0.2) is 0 Å². The molecule has 1 N–H and O–H groups in total. The molecule has 2 aliphatic rings. The predicted molar refractivity (Wildman–Crippen MR) is 70.0 cm³/mol. The van der Waals surface area contributed by atoms with E-state index in [-0.39, 0.29) is 23.9 Å². The highest BCUT2D eigenvalue weighted by atomic mass is 16.2. The molecule has 0 bridgehead atoms. The average molecular weight is 252 g/mol. The second-order valence-corrected chi connectivity index (χ2v) is 5.54. The molecule has 1 saturated heterocycles. The minimum atomic E-state index is -0.287. The molecule has 2 atom stereocenters. The summed E-state index contributed by atoms with van der Waals surface area (Å²) in [5.74, 6) is 0.959. The molecule has 18 heavy (non-hydrogen) atoms. The van der Waals surface area contributed by atoms with Gasteiger partial charge in [-0.3, -0.25) is 9.59 Å². The lowest BCUT2D eigenvalue weighted by molar-refractivity contribution is -0.149. The number of nitrogens with one attached hydrogen (secondary N) is 1. The molecule has 2 unspecified atom stereocenters. The summed E-state index contributed by atoms with van der Waals surface area (Å²) in [6.45, 7) is 4.78. The fourth-order valence-electron chi connectivity index (χ4n) is 2.71. The molecule has 1 heterocycles. The Labute approximate surface area is 109 Å². The number of hydrogen-bond donors (Lipinski definition) is 1. The molecule has 2 fully saturated rings. The first-order valence-electron chi connectivity index (χ1n) is 7.28. The van der Waals surface area contributed by atoms with Gasteiger partial charge in [0.25, 0.3) is 0 Å². The topological polar surface area (TPSA) is 49.4 Å². The highest BCUT2D eigenvalue weighted by Gasteiger charge is 2.39. The molecule has 1 aliphatic carbocycles. The number of piperazine rings is 1. The first-order valence-corrected chi connectivity index (χ1v) is 7.28. The predicted octanol–water partition coefficient (Wildman–Crippen LogP) is 1.69.